The van der Waals surface area contributed by atoms with Gasteiger partial charge < -0.3 is 9.47 Å². The standard InChI is InChI=1S/C25H23ClN2O4S/c1-15(16-9-5-6-10-17(16)26)31-19-13-20(33-23(19)24(30)32-25(2,3)4)22-18(14-29)27-21-11-7-8-12-28(21)22/h5-15H,1-4H3. The minimum Gasteiger partial charge on any atom is -0.484 e. The first kappa shape index (κ1) is 23.0. The van der Waals surface area contributed by atoms with Crippen LogP contribution in [0.1, 0.15) is 59.5 Å². The van der Waals surface area contributed by atoms with E-state index < -0.39 is 17.7 Å². The number of esters is 1. The number of aldehydes is 1. The third-order valence-corrected chi connectivity index (χ3v) is 6.28. The molecular formula is C25H23ClN2O4S. The zero-order chi connectivity index (χ0) is 23.8. The first-order chi connectivity index (χ1) is 15.7. The molecule has 0 saturated carbocycles. The highest BCUT2D eigenvalue weighted by molar-refractivity contribution is 7.17. The van der Waals surface area contributed by atoms with Gasteiger partial charge in [-0.1, -0.05) is 35.9 Å². The van der Waals surface area contributed by atoms with Gasteiger partial charge in [-0.15, -0.1) is 11.3 Å². The van der Waals surface area contributed by atoms with Crippen molar-refractivity contribution >= 4 is 40.8 Å². The minimum absolute atomic E-state index is 0.281. The van der Waals surface area contributed by atoms with Crippen LogP contribution in [0.5, 0.6) is 5.75 Å². The molecule has 4 aromatic rings. The number of carbonyl (C=O) groups excluding carboxylic acids is 2. The Bertz CT molecular complexity index is 1340. The molecule has 1 unspecified atom stereocenters. The average Bonchev–Trinajstić information content (AvgIpc) is 3.33. The van der Waals surface area contributed by atoms with Crippen molar-refractivity contribution in [3.05, 3.63) is 75.9 Å². The number of ether oxygens (including phenoxy) is 2. The SMILES string of the molecule is CC(Oc1cc(-c2c(C=O)nc3ccccn23)sc1C(=O)OC(C)(C)C)c1ccccc1Cl. The zero-order valence-electron chi connectivity index (χ0n) is 18.7. The van der Waals surface area contributed by atoms with E-state index in [0.717, 1.165) is 5.56 Å². The molecule has 4 rings (SSSR count). The topological polar surface area (TPSA) is 69.9 Å². The van der Waals surface area contributed by atoms with Crippen molar-refractivity contribution in [1.82, 2.24) is 9.38 Å². The van der Waals surface area contributed by atoms with E-state index in [1.54, 1.807) is 32.9 Å². The molecule has 0 radical (unpaired) electrons. The van der Waals surface area contributed by atoms with E-state index in [4.69, 9.17) is 21.1 Å². The quantitative estimate of drug-likeness (QED) is 0.228. The van der Waals surface area contributed by atoms with Gasteiger partial charge in [-0.05, 0) is 45.9 Å². The van der Waals surface area contributed by atoms with Gasteiger partial charge in [0.25, 0.3) is 0 Å². The van der Waals surface area contributed by atoms with Crippen molar-refractivity contribution in [2.24, 2.45) is 0 Å². The second kappa shape index (κ2) is 9.00. The Morgan fingerprint density at radius 2 is 1.91 bits per heavy atom. The van der Waals surface area contributed by atoms with Gasteiger partial charge in [0.1, 0.15) is 28.8 Å². The van der Waals surface area contributed by atoms with Crippen LogP contribution in [0.15, 0.2) is 54.7 Å². The van der Waals surface area contributed by atoms with E-state index in [-0.39, 0.29) is 5.69 Å². The predicted octanol–water partition coefficient (Wildman–Crippen LogP) is 6.62. The van der Waals surface area contributed by atoms with Gasteiger partial charge >= 0.3 is 5.97 Å². The molecule has 0 aliphatic rings. The lowest BCUT2D eigenvalue weighted by molar-refractivity contribution is 0.00705. The van der Waals surface area contributed by atoms with Gasteiger partial charge in [0.2, 0.25) is 0 Å². The van der Waals surface area contributed by atoms with Crippen molar-refractivity contribution in [1.29, 1.82) is 0 Å². The predicted molar refractivity (Wildman–Crippen MR) is 130 cm³/mol. The maximum absolute atomic E-state index is 13.1. The van der Waals surface area contributed by atoms with Crippen molar-refractivity contribution in [2.45, 2.75) is 39.4 Å². The normalized spacial score (nSPS) is 12.5. The van der Waals surface area contributed by atoms with E-state index in [1.165, 1.54) is 11.3 Å². The number of aromatic nitrogens is 2. The Morgan fingerprint density at radius 3 is 2.61 bits per heavy atom. The van der Waals surface area contributed by atoms with Crippen molar-refractivity contribution in [3.63, 3.8) is 0 Å². The van der Waals surface area contributed by atoms with E-state index in [2.05, 4.69) is 4.98 Å². The number of hydrogen-bond acceptors (Lipinski definition) is 6. The van der Waals surface area contributed by atoms with Gasteiger partial charge in [-0.3, -0.25) is 9.20 Å². The maximum Gasteiger partial charge on any atom is 0.352 e. The molecular weight excluding hydrogens is 460 g/mol. The Kier molecular flexibility index (Phi) is 6.28. The Hall–Kier alpha value is -3.16. The summed E-state index contributed by atoms with van der Waals surface area (Å²) >= 11 is 7.55. The van der Waals surface area contributed by atoms with Gasteiger partial charge in [-0.2, -0.15) is 0 Å². The summed E-state index contributed by atoms with van der Waals surface area (Å²) in [4.78, 5) is 30.2. The van der Waals surface area contributed by atoms with E-state index in [1.807, 2.05) is 53.9 Å². The zero-order valence-corrected chi connectivity index (χ0v) is 20.2. The third-order valence-electron chi connectivity index (χ3n) is 4.83. The molecule has 170 valence electrons. The number of halogens is 1. The van der Waals surface area contributed by atoms with Crippen LogP contribution in [-0.2, 0) is 4.74 Å². The number of benzene rings is 1. The molecule has 0 spiro atoms. The molecule has 3 heterocycles. The van der Waals surface area contributed by atoms with Gasteiger partial charge in [-0.25, -0.2) is 9.78 Å². The number of nitrogens with zero attached hydrogens (tertiary/aromatic N) is 2. The Balaban J connectivity index is 1.82. The number of hydrogen-bond donors (Lipinski definition) is 0. The molecule has 0 amide bonds. The summed E-state index contributed by atoms with van der Waals surface area (Å²) in [6, 6.07) is 14.7. The molecule has 33 heavy (non-hydrogen) atoms. The van der Waals surface area contributed by atoms with Crippen LogP contribution >= 0.6 is 22.9 Å². The number of rotatable bonds is 6. The second-order valence-electron chi connectivity index (χ2n) is 8.48. The summed E-state index contributed by atoms with van der Waals surface area (Å²) in [5, 5.41) is 0.573. The summed E-state index contributed by atoms with van der Waals surface area (Å²) in [5.41, 5.74) is 1.63. The molecule has 0 bridgehead atoms. The first-order valence-corrected chi connectivity index (χ1v) is 11.6. The molecule has 1 aromatic carbocycles. The van der Waals surface area contributed by atoms with Crippen LogP contribution in [0.2, 0.25) is 5.02 Å². The van der Waals surface area contributed by atoms with Gasteiger partial charge in [0, 0.05) is 22.8 Å². The molecule has 0 aliphatic carbocycles. The maximum atomic E-state index is 13.1. The lowest BCUT2D eigenvalue weighted by Gasteiger charge is -2.20. The molecule has 3 aromatic heterocycles. The fourth-order valence-electron chi connectivity index (χ4n) is 3.45. The number of pyridine rings is 1. The number of fused-ring (bicyclic) bond motifs is 1. The van der Waals surface area contributed by atoms with Gasteiger partial charge in [0.05, 0.1) is 10.6 Å². The van der Waals surface area contributed by atoms with Crippen LogP contribution in [0, 0.1) is 0 Å². The van der Waals surface area contributed by atoms with Gasteiger partial charge in [0.15, 0.2) is 11.2 Å². The largest absolute Gasteiger partial charge is 0.484 e. The molecule has 0 N–H and O–H groups in total. The molecule has 6 nitrogen and oxygen atoms in total. The summed E-state index contributed by atoms with van der Waals surface area (Å²) in [6.07, 6.45) is 2.11. The van der Waals surface area contributed by atoms with Crippen LogP contribution in [0.4, 0.5) is 0 Å². The molecule has 1 atom stereocenters. The first-order valence-electron chi connectivity index (χ1n) is 10.4. The van der Waals surface area contributed by atoms with Crippen molar-refractivity contribution in [3.8, 4) is 16.3 Å². The number of imidazole rings is 1. The lowest BCUT2D eigenvalue weighted by atomic mass is 10.1. The average molecular weight is 483 g/mol. The van der Waals surface area contributed by atoms with Crippen LogP contribution in [0.25, 0.3) is 16.2 Å². The van der Waals surface area contributed by atoms with Crippen LogP contribution < -0.4 is 4.74 Å². The van der Waals surface area contributed by atoms with E-state index >= 15 is 0 Å². The van der Waals surface area contributed by atoms with E-state index in [0.29, 0.717) is 38.2 Å². The summed E-state index contributed by atoms with van der Waals surface area (Å²) in [5.74, 6) is -0.138. The van der Waals surface area contributed by atoms with Crippen molar-refractivity contribution < 1.29 is 19.1 Å². The summed E-state index contributed by atoms with van der Waals surface area (Å²) < 4.78 is 13.7. The fourth-order valence-corrected chi connectivity index (χ4v) is 4.75. The van der Waals surface area contributed by atoms with Crippen LogP contribution in [0.3, 0.4) is 0 Å². The van der Waals surface area contributed by atoms with Crippen LogP contribution in [-0.4, -0.2) is 27.2 Å². The molecule has 0 saturated heterocycles. The number of carbonyl (C=O) groups is 2. The third kappa shape index (κ3) is 4.79. The van der Waals surface area contributed by atoms with E-state index in [9.17, 15) is 9.59 Å². The smallest absolute Gasteiger partial charge is 0.352 e. The van der Waals surface area contributed by atoms with Crippen molar-refractivity contribution in [2.75, 3.05) is 0 Å². The monoisotopic (exact) mass is 482 g/mol. The Morgan fingerprint density at radius 1 is 1.18 bits per heavy atom. The highest BCUT2D eigenvalue weighted by Gasteiger charge is 2.27. The summed E-state index contributed by atoms with van der Waals surface area (Å²) in [7, 11) is 0. The number of thiophene rings is 1. The highest BCUT2D eigenvalue weighted by atomic mass is 35.5. The molecule has 0 aliphatic heterocycles. The molecule has 0 fully saturated rings. The summed E-state index contributed by atoms with van der Waals surface area (Å²) in [6.45, 7) is 7.28. The lowest BCUT2D eigenvalue weighted by Crippen LogP contribution is -2.23. The highest BCUT2D eigenvalue weighted by Crippen LogP contribution is 2.41. The second-order valence-corrected chi connectivity index (χ2v) is 9.94. The minimum atomic E-state index is -0.676. The Labute approximate surface area is 200 Å². The fraction of sp³-hybridized carbons (Fsp3) is 0.240. The molecule has 8 heteroatoms.